The van der Waals surface area contributed by atoms with Gasteiger partial charge in [0, 0.05) is 48.5 Å². The van der Waals surface area contributed by atoms with Crippen molar-refractivity contribution in [1.82, 2.24) is 10.2 Å². The van der Waals surface area contributed by atoms with Crippen LogP contribution in [0.25, 0.3) is 0 Å². The first kappa shape index (κ1) is 18.9. The van der Waals surface area contributed by atoms with Crippen LogP contribution in [0.15, 0.2) is 42.5 Å². The molecule has 2 aromatic carbocycles. The van der Waals surface area contributed by atoms with Gasteiger partial charge in [0.05, 0.1) is 0 Å². The van der Waals surface area contributed by atoms with Gasteiger partial charge in [0.25, 0.3) is 0 Å². The Morgan fingerprint density at radius 1 is 1.08 bits per heavy atom. The molecule has 0 radical (unpaired) electrons. The maximum atomic E-state index is 12.4. The van der Waals surface area contributed by atoms with E-state index in [1.165, 1.54) is 0 Å². The van der Waals surface area contributed by atoms with Crippen molar-refractivity contribution in [2.75, 3.05) is 37.6 Å². The standard InChI is InChI=1S/C20H23Cl2N3O/c1-15-18(22)6-3-7-19(15)24-10-12-25(13-11-24)20(26)23-9-8-16-4-2-5-17(21)14-16/h2-7,14H,8-13H2,1H3,(H,23,26). The quantitative estimate of drug-likeness (QED) is 0.839. The third-order valence-corrected chi connectivity index (χ3v) is 5.37. The monoisotopic (exact) mass is 391 g/mol. The van der Waals surface area contributed by atoms with E-state index in [0.29, 0.717) is 19.6 Å². The summed E-state index contributed by atoms with van der Waals surface area (Å²) in [5.74, 6) is 0. The third kappa shape index (κ3) is 4.63. The molecule has 1 fully saturated rings. The van der Waals surface area contributed by atoms with E-state index in [-0.39, 0.29) is 6.03 Å². The van der Waals surface area contributed by atoms with Crippen molar-refractivity contribution >= 4 is 34.9 Å². The molecule has 0 spiro atoms. The number of hydrogen-bond donors (Lipinski definition) is 1. The first-order chi connectivity index (χ1) is 12.5. The van der Waals surface area contributed by atoms with Gasteiger partial charge in [-0.2, -0.15) is 0 Å². The van der Waals surface area contributed by atoms with Gasteiger partial charge in [0.15, 0.2) is 0 Å². The highest BCUT2D eigenvalue weighted by atomic mass is 35.5. The van der Waals surface area contributed by atoms with Gasteiger partial charge in [-0.15, -0.1) is 0 Å². The molecular formula is C20H23Cl2N3O. The number of anilines is 1. The summed E-state index contributed by atoms with van der Waals surface area (Å²) in [6.07, 6.45) is 0.772. The van der Waals surface area contributed by atoms with E-state index in [4.69, 9.17) is 23.2 Å². The second-order valence-electron chi connectivity index (χ2n) is 6.47. The molecule has 6 heteroatoms. The molecule has 3 rings (SSSR count). The molecule has 0 aromatic heterocycles. The van der Waals surface area contributed by atoms with E-state index in [9.17, 15) is 4.79 Å². The van der Waals surface area contributed by atoms with Gasteiger partial charge in [-0.3, -0.25) is 0 Å². The van der Waals surface area contributed by atoms with Crippen molar-refractivity contribution in [3.8, 4) is 0 Å². The molecule has 0 saturated carbocycles. The minimum Gasteiger partial charge on any atom is -0.368 e. The molecule has 26 heavy (non-hydrogen) atoms. The highest BCUT2D eigenvalue weighted by molar-refractivity contribution is 6.31. The molecule has 0 unspecified atom stereocenters. The van der Waals surface area contributed by atoms with E-state index in [1.54, 1.807) is 0 Å². The largest absolute Gasteiger partial charge is 0.368 e. The molecule has 0 bridgehead atoms. The Bertz CT molecular complexity index is 773. The lowest BCUT2D eigenvalue weighted by Crippen LogP contribution is -2.52. The number of rotatable bonds is 4. The molecule has 138 valence electrons. The number of urea groups is 1. The van der Waals surface area contributed by atoms with Gasteiger partial charge in [0.1, 0.15) is 0 Å². The summed E-state index contributed by atoms with van der Waals surface area (Å²) in [7, 11) is 0. The predicted octanol–water partition coefficient (Wildman–Crippen LogP) is 4.38. The lowest BCUT2D eigenvalue weighted by Gasteiger charge is -2.36. The average molecular weight is 392 g/mol. The molecule has 0 aliphatic carbocycles. The summed E-state index contributed by atoms with van der Waals surface area (Å²) >= 11 is 12.2. The summed E-state index contributed by atoms with van der Waals surface area (Å²) in [6.45, 7) is 5.66. The first-order valence-corrected chi connectivity index (χ1v) is 9.57. The van der Waals surface area contributed by atoms with Crippen LogP contribution in [0, 0.1) is 6.92 Å². The zero-order valence-corrected chi connectivity index (χ0v) is 16.4. The van der Waals surface area contributed by atoms with Gasteiger partial charge >= 0.3 is 6.03 Å². The zero-order valence-electron chi connectivity index (χ0n) is 14.8. The summed E-state index contributed by atoms with van der Waals surface area (Å²) in [6, 6.07) is 13.7. The van der Waals surface area contributed by atoms with Gasteiger partial charge in [0.2, 0.25) is 0 Å². The second kappa shape index (κ2) is 8.65. The van der Waals surface area contributed by atoms with E-state index in [1.807, 2.05) is 48.2 Å². The molecule has 2 amide bonds. The van der Waals surface area contributed by atoms with Crippen molar-refractivity contribution in [1.29, 1.82) is 0 Å². The maximum Gasteiger partial charge on any atom is 0.317 e. The highest BCUT2D eigenvalue weighted by Gasteiger charge is 2.22. The molecule has 1 aliphatic rings. The molecule has 1 N–H and O–H groups in total. The minimum atomic E-state index is -0.00510. The van der Waals surface area contributed by atoms with E-state index < -0.39 is 0 Å². The Labute approximate surface area is 164 Å². The van der Waals surface area contributed by atoms with Gasteiger partial charge in [-0.25, -0.2) is 4.79 Å². The SMILES string of the molecule is Cc1c(Cl)cccc1N1CCN(C(=O)NCCc2cccc(Cl)c2)CC1. The topological polar surface area (TPSA) is 35.6 Å². The fourth-order valence-corrected chi connectivity index (χ4v) is 3.59. The fourth-order valence-electron chi connectivity index (χ4n) is 3.21. The van der Waals surface area contributed by atoms with E-state index >= 15 is 0 Å². The van der Waals surface area contributed by atoms with Crippen LogP contribution < -0.4 is 10.2 Å². The highest BCUT2D eigenvalue weighted by Crippen LogP contribution is 2.27. The molecular weight excluding hydrogens is 369 g/mol. The fraction of sp³-hybridized carbons (Fsp3) is 0.350. The molecule has 2 aromatic rings. The summed E-state index contributed by atoms with van der Waals surface area (Å²) in [4.78, 5) is 16.5. The van der Waals surface area contributed by atoms with Crippen LogP contribution in [-0.4, -0.2) is 43.7 Å². The van der Waals surface area contributed by atoms with Gasteiger partial charge in [-0.1, -0.05) is 41.4 Å². The van der Waals surface area contributed by atoms with Crippen LogP contribution in [0.4, 0.5) is 10.5 Å². The van der Waals surface area contributed by atoms with Crippen molar-refractivity contribution in [3.05, 3.63) is 63.6 Å². The molecule has 4 nitrogen and oxygen atoms in total. The maximum absolute atomic E-state index is 12.4. The van der Waals surface area contributed by atoms with Crippen molar-refractivity contribution in [2.24, 2.45) is 0 Å². The van der Waals surface area contributed by atoms with E-state index in [2.05, 4.69) is 16.3 Å². The van der Waals surface area contributed by atoms with Gasteiger partial charge in [-0.05, 0) is 48.7 Å². The van der Waals surface area contributed by atoms with Gasteiger partial charge < -0.3 is 15.1 Å². The minimum absolute atomic E-state index is 0.00510. The van der Waals surface area contributed by atoms with Crippen LogP contribution in [0.1, 0.15) is 11.1 Å². The number of halogens is 2. The van der Waals surface area contributed by atoms with Crippen LogP contribution in [0.5, 0.6) is 0 Å². The average Bonchev–Trinajstić information content (AvgIpc) is 2.64. The number of nitrogens with zero attached hydrogens (tertiary/aromatic N) is 2. The van der Waals surface area contributed by atoms with Crippen molar-refractivity contribution < 1.29 is 4.79 Å². The number of nitrogens with one attached hydrogen (secondary N) is 1. The third-order valence-electron chi connectivity index (χ3n) is 4.73. The number of hydrogen-bond acceptors (Lipinski definition) is 2. The van der Waals surface area contributed by atoms with E-state index in [0.717, 1.165) is 46.4 Å². The molecule has 0 atom stereocenters. The zero-order chi connectivity index (χ0) is 18.5. The van der Waals surface area contributed by atoms with Crippen LogP contribution >= 0.6 is 23.2 Å². The van der Waals surface area contributed by atoms with Crippen LogP contribution in [0.3, 0.4) is 0 Å². The van der Waals surface area contributed by atoms with Crippen LogP contribution in [0.2, 0.25) is 10.0 Å². The number of carbonyl (C=O) groups excluding carboxylic acids is 1. The number of amides is 2. The lowest BCUT2D eigenvalue weighted by atomic mass is 10.1. The normalized spacial score (nSPS) is 14.4. The smallest absolute Gasteiger partial charge is 0.317 e. The molecule has 1 heterocycles. The Kier molecular flexibility index (Phi) is 6.28. The lowest BCUT2D eigenvalue weighted by molar-refractivity contribution is 0.194. The Hall–Kier alpha value is -1.91. The number of piperazine rings is 1. The summed E-state index contributed by atoms with van der Waals surface area (Å²) in [5, 5.41) is 4.50. The van der Waals surface area contributed by atoms with Crippen LogP contribution in [-0.2, 0) is 6.42 Å². The predicted molar refractivity (Wildman–Crippen MR) is 109 cm³/mol. The number of benzene rings is 2. The first-order valence-electron chi connectivity index (χ1n) is 8.82. The molecule has 1 saturated heterocycles. The number of carbonyl (C=O) groups is 1. The summed E-state index contributed by atoms with van der Waals surface area (Å²) < 4.78 is 0. The summed E-state index contributed by atoms with van der Waals surface area (Å²) in [5.41, 5.74) is 3.37. The van der Waals surface area contributed by atoms with Crippen molar-refractivity contribution in [2.45, 2.75) is 13.3 Å². The molecule has 1 aliphatic heterocycles. The Morgan fingerprint density at radius 3 is 2.54 bits per heavy atom. The second-order valence-corrected chi connectivity index (χ2v) is 7.31. The Balaban J connectivity index is 1.47. The van der Waals surface area contributed by atoms with Crippen molar-refractivity contribution in [3.63, 3.8) is 0 Å². The Morgan fingerprint density at radius 2 is 1.81 bits per heavy atom.